The van der Waals surface area contributed by atoms with Crippen molar-refractivity contribution in [2.24, 2.45) is 0 Å². The number of nitrogens with one attached hydrogen (secondary N) is 2. The molecule has 1 saturated heterocycles. The zero-order valence-corrected chi connectivity index (χ0v) is 9.44. The Morgan fingerprint density at radius 2 is 1.75 bits per heavy atom. The van der Waals surface area contributed by atoms with Crippen LogP contribution in [0.3, 0.4) is 0 Å². The maximum Gasteiger partial charge on any atom is 0.253 e. The van der Waals surface area contributed by atoms with Crippen molar-refractivity contribution in [1.82, 2.24) is 5.32 Å². The fourth-order valence-electron chi connectivity index (χ4n) is 1.66. The molecule has 0 bridgehead atoms. The van der Waals surface area contributed by atoms with Gasteiger partial charge < -0.3 is 15.3 Å². The first-order valence-electron chi connectivity index (χ1n) is 5.29. The van der Waals surface area contributed by atoms with Crippen molar-refractivity contribution >= 4 is 11.4 Å². The highest BCUT2D eigenvalue weighted by atomic mass is 16.3. The molecule has 1 aliphatic heterocycles. The van der Waals surface area contributed by atoms with Gasteiger partial charge >= 0.3 is 0 Å². The van der Waals surface area contributed by atoms with Crippen LogP contribution in [0.1, 0.15) is 0 Å². The summed E-state index contributed by atoms with van der Waals surface area (Å²) in [6.45, 7) is 4.12. The van der Waals surface area contributed by atoms with Crippen LogP contribution in [0, 0.1) is 4.91 Å². The summed E-state index contributed by atoms with van der Waals surface area (Å²) in [7, 11) is 1.00. The number of anilines is 1. The first-order chi connectivity index (χ1) is 7.90. The van der Waals surface area contributed by atoms with Gasteiger partial charge in [-0.15, -0.1) is 0 Å². The third-order valence-electron chi connectivity index (χ3n) is 2.47. The van der Waals surface area contributed by atoms with Gasteiger partial charge in [0.25, 0.3) is 5.69 Å². The molecule has 0 saturated carbocycles. The molecule has 0 radical (unpaired) electrons. The van der Waals surface area contributed by atoms with Crippen LogP contribution in [-0.4, -0.2) is 38.4 Å². The van der Waals surface area contributed by atoms with Crippen LogP contribution >= 0.6 is 0 Å². The van der Waals surface area contributed by atoms with Gasteiger partial charge in [0.2, 0.25) is 0 Å². The molecule has 1 heterocycles. The molecule has 2 rings (SSSR count). The monoisotopic (exact) mass is 224 g/mol. The Labute approximate surface area is 95.1 Å². The van der Waals surface area contributed by atoms with Crippen LogP contribution in [0.5, 0.6) is 0 Å². The minimum atomic E-state index is 0.615. The number of benzene rings is 1. The first kappa shape index (κ1) is 12.6. The number of nitroso groups, excluding NO2 is 1. The molecule has 0 unspecified atom stereocenters. The summed E-state index contributed by atoms with van der Waals surface area (Å²) < 4.78 is 0. The van der Waals surface area contributed by atoms with Gasteiger partial charge in [0.15, 0.2) is 0 Å². The van der Waals surface area contributed by atoms with Crippen LogP contribution in [0.15, 0.2) is 24.3 Å². The zero-order valence-electron chi connectivity index (χ0n) is 9.44. The van der Waals surface area contributed by atoms with E-state index in [1.807, 2.05) is 29.4 Å². The average molecular weight is 224 g/mol. The molecule has 1 aromatic carbocycles. The highest BCUT2D eigenvalue weighted by Gasteiger charge is 2.10. The second-order valence-corrected chi connectivity index (χ2v) is 3.39. The predicted octanol–water partition coefficient (Wildman–Crippen LogP) is -0.817. The SMILES string of the molecule is CO.O=[NH+]c1ccc(N2CCNCC2)cc1. The van der Waals surface area contributed by atoms with E-state index in [1.165, 1.54) is 5.69 Å². The van der Waals surface area contributed by atoms with E-state index in [4.69, 9.17) is 5.11 Å². The number of nitrogens with zero attached hydrogens (tertiary/aromatic N) is 1. The lowest BCUT2D eigenvalue weighted by atomic mass is 10.2. The fourth-order valence-corrected chi connectivity index (χ4v) is 1.66. The summed E-state index contributed by atoms with van der Waals surface area (Å²) in [5.41, 5.74) is 1.80. The molecule has 0 aliphatic carbocycles. The predicted molar refractivity (Wildman–Crippen MR) is 63.7 cm³/mol. The van der Waals surface area contributed by atoms with E-state index in [0.29, 0.717) is 5.69 Å². The van der Waals surface area contributed by atoms with Crippen molar-refractivity contribution in [2.45, 2.75) is 0 Å². The maximum absolute atomic E-state index is 10.3. The third kappa shape index (κ3) is 3.29. The summed E-state index contributed by atoms with van der Waals surface area (Å²) >= 11 is 0. The van der Waals surface area contributed by atoms with E-state index in [1.54, 1.807) is 0 Å². The molecule has 3 N–H and O–H groups in total. The Bertz CT molecular complexity index is 308. The minimum Gasteiger partial charge on any atom is -0.400 e. The lowest BCUT2D eigenvalue weighted by Gasteiger charge is -2.29. The molecule has 5 heteroatoms. The number of piperazine rings is 1. The number of aliphatic hydroxyl groups is 1. The second-order valence-electron chi connectivity index (χ2n) is 3.39. The summed E-state index contributed by atoms with van der Waals surface area (Å²) in [4.78, 5) is 12.7. The summed E-state index contributed by atoms with van der Waals surface area (Å²) in [5.74, 6) is 0. The number of rotatable bonds is 2. The summed E-state index contributed by atoms with van der Waals surface area (Å²) in [6, 6.07) is 7.58. The number of aliphatic hydroxyl groups excluding tert-OH is 1. The van der Waals surface area contributed by atoms with Gasteiger partial charge in [0, 0.05) is 61.2 Å². The Balaban J connectivity index is 0.000000606. The van der Waals surface area contributed by atoms with Crippen molar-refractivity contribution in [3.63, 3.8) is 0 Å². The number of hydrogen-bond acceptors (Lipinski definition) is 4. The average Bonchev–Trinajstić information content (AvgIpc) is 2.42. The highest BCUT2D eigenvalue weighted by molar-refractivity contribution is 5.50. The Hall–Kier alpha value is -1.46. The van der Waals surface area contributed by atoms with Gasteiger partial charge in [0.05, 0.1) is 0 Å². The minimum absolute atomic E-state index is 0.615. The number of hydrogen-bond donors (Lipinski definition) is 3. The Morgan fingerprint density at radius 1 is 1.19 bits per heavy atom. The zero-order chi connectivity index (χ0) is 11.8. The van der Waals surface area contributed by atoms with Crippen LogP contribution in [0.4, 0.5) is 11.4 Å². The van der Waals surface area contributed by atoms with E-state index < -0.39 is 0 Å². The van der Waals surface area contributed by atoms with Crippen LogP contribution < -0.4 is 15.4 Å². The lowest BCUT2D eigenvalue weighted by molar-refractivity contribution is -0.379. The standard InChI is InChI=1S/C10H13N3O.CH4O/c14-12-9-1-3-10(4-2-9)13-7-5-11-6-8-13;1-2/h1-4,11H,5-8H2;2H,1H3/p+1. The van der Waals surface area contributed by atoms with Crippen LogP contribution in [0.2, 0.25) is 0 Å². The Morgan fingerprint density at radius 3 is 2.25 bits per heavy atom. The molecule has 0 aromatic heterocycles. The molecule has 1 fully saturated rings. The normalized spacial score (nSPS) is 15.0. The topological polar surface area (TPSA) is 66.5 Å². The third-order valence-corrected chi connectivity index (χ3v) is 2.47. The molecule has 1 aliphatic rings. The second kappa shape index (κ2) is 6.92. The Kier molecular flexibility index (Phi) is 5.45. The van der Waals surface area contributed by atoms with Crippen molar-refractivity contribution in [1.29, 1.82) is 0 Å². The van der Waals surface area contributed by atoms with Gasteiger partial charge in [-0.3, -0.25) is 0 Å². The molecular weight excluding hydrogens is 206 g/mol. The van der Waals surface area contributed by atoms with E-state index in [9.17, 15) is 4.91 Å². The maximum atomic E-state index is 10.3. The molecule has 5 nitrogen and oxygen atoms in total. The van der Waals surface area contributed by atoms with Crippen molar-refractivity contribution in [2.75, 3.05) is 38.2 Å². The molecule has 88 valence electrons. The van der Waals surface area contributed by atoms with Gasteiger partial charge in [-0.05, 0) is 12.1 Å². The van der Waals surface area contributed by atoms with E-state index in [2.05, 4.69) is 10.2 Å². The van der Waals surface area contributed by atoms with E-state index in [-0.39, 0.29) is 0 Å². The van der Waals surface area contributed by atoms with E-state index in [0.717, 1.165) is 33.3 Å². The largest absolute Gasteiger partial charge is 0.400 e. The van der Waals surface area contributed by atoms with E-state index >= 15 is 0 Å². The van der Waals surface area contributed by atoms with Crippen LogP contribution in [-0.2, 0) is 0 Å². The fraction of sp³-hybridized carbons (Fsp3) is 0.455. The molecule has 0 spiro atoms. The van der Waals surface area contributed by atoms with Gasteiger partial charge in [-0.2, -0.15) is 0 Å². The van der Waals surface area contributed by atoms with Crippen molar-refractivity contribution in [3.05, 3.63) is 29.2 Å². The molecule has 0 atom stereocenters. The molecule has 1 aromatic rings. The quantitative estimate of drug-likeness (QED) is 0.614. The first-order valence-corrected chi connectivity index (χ1v) is 5.29. The van der Waals surface area contributed by atoms with Gasteiger partial charge in [0.1, 0.15) is 0 Å². The molecule has 0 amide bonds. The summed E-state index contributed by atoms with van der Waals surface area (Å²) in [5, 5.41) is 12.2. The summed E-state index contributed by atoms with van der Waals surface area (Å²) in [6.07, 6.45) is 0. The van der Waals surface area contributed by atoms with Crippen LogP contribution in [0.25, 0.3) is 0 Å². The lowest BCUT2D eigenvalue weighted by Crippen LogP contribution is -2.55. The molecular formula is C11H18N3O2+. The van der Waals surface area contributed by atoms with Gasteiger partial charge in [-0.25, -0.2) is 0 Å². The van der Waals surface area contributed by atoms with Crippen molar-refractivity contribution < 1.29 is 10.3 Å². The smallest absolute Gasteiger partial charge is 0.253 e. The van der Waals surface area contributed by atoms with Gasteiger partial charge in [-0.1, -0.05) is 0 Å². The van der Waals surface area contributed by atoms with Crippen molar-refractivity contribution in [3.8, 4) is 0 Å². The highest BCUT2D eigenvalue weighted by Crippen LogP contribution is 2.15. The molecule has 16 heavy (non-hydrogen) atoms.